The fourth-order valence-electron chi connectivity index (χ4n) is 3.47. The molecule has 1 aromatic heterocycles. The van der Waals surface area contributed by atoms with Crippen molar-refractivity contribution in [3.63, 3.8) is 0 Å². The molecule has 2 aromatic rings. The molecule has 3 rings (SSSR count). The number of esters is 1. The number of rotatable bonds is 5. The van der Waals surface area contributed by atoms with Gasteiger partial charge in [0, 0.05) is 31.0 Å². The summed E-state index contributed by atoms with van der Waals surface area (Å²) in [5, 5.41) is 0.887. The Labute approximate surface area is 152 Å². The molecule has 0 spiro atoms. The maximum atomic E-state index is 11.9. The number of hydrogen-bond donors (Lipinski definition) is 0. The SMILES string of the molecule is COC(=O)CCc1cc2c(C)cc(=O)oc2c2c1OCN(CC(C)C)C2. The molecule has 0 radical (unpaired) electrons. The van der Waals surface area contributed by atoms with Crippen LogP contribution < -0.4 is 10.4 Å². The van der Waals surface area contributed by atoms with Gasteiger partial charge in [-0.25, -0.2) is 4.79 Å². The number of carbonyl (C=O) groups excluding carboxylic acids is 1. The summed E-state index contributed by atoms with van der Waals surface area (Å²) in [4.78, 5) is 25.7. The molecule has 0 saturated heterocycles. The van der Waals surface area contributed by atoms with Crippen molar-refractivity contribution in [2.24, 2.45) is 5.92 Å². The lowest BCUT2D eigenvalue weighted by molar-refractivity contribution is -0.140. The van der Waals surface area contributed by atoms with Crippen LogP contribution in [0.15, 0.2) is 21.3 Å². The van der Waals surface area contributed by atoms with Crippen LogP contribution in [-0.4, -0.2) is 31.3 Å². The molecule has 0 aliphatic carbocycles. The first-order chi connectivity index (χ1) is 12.4. The van der Waals surface area contributed by atoms with E-state index in [2.05, 4.69) is 18.7 Å². The number of ether oxygens (including phenoxy) is 2. The molecule has 6 heteroatoms. The van der Waals surface area contributed by atoms with Gasteiger partial charge in [0.05, 0.1) is 12.7 Å². The van der Waals surface area contributed by atoms with Crippen molar-refractivity contribution >= 4 is 16.9 Å². The van der Waals surface area contributed by atoms with E-state index in [1.807, 2.05) is 13.0 Å². The van der Waals surface area contributed by atoms with Gasteiger partial charge >= 0.3 is 11.6 Å². The second-order valence-corrected chi connectivity index (χ2v) is 7.22. The monoisotopic (exact) mass is 359 g/mol. The van der Waals surface area contributed by atoms with Crippen molar-refractivity contribution in [1.82, 2.24) is 4.90 Å². The second kappa shape index (κ2) is 7.50. The van der Waals surface area contributed by atoms with E-state index in [4.69, 9.17) is 13.9 Å². The summed E-state index contributed by atoms with van der Waals surface area (Å²) in [6, 6.07) is 3.46. The van der Waals surface area contributed by atoms with Crippen LogP contribution in [0.2, 0.25) is 0 Å². The third kappa shape index (κ3) is 3.75. The average molecular weight is 359 g/mol. The first-order valence-electron chi connectivity index (χ1n) is 8.90. The molecule has 6 nitrogen and oxygen atoms in total. The smallest absolute Gasteiger partial charge is 0.336 e. The van der Waals surface area contributed by atoms with Crippen LogP contribution in [0.25, 0.3) is 11.0 Å². The van der Waals surface area contributed by atoms with E-state index in [1.54, 1.807) is 0 Å². The Bertz CT molecular complexity index is 884. The van der Waals surface area contributed by atoms with Gasteiger partial charge in [0.2, 0.25) is 0 Å². The molecule has 1 aromatic carbocycles. The highest BCUT2D eigenvalue weighted by atomic mass is 16.5. The normalized spacial score (nSPS) is 14.3. The molecule has 1 aliphatic heterocycles. The van der Waals surface area contributed by atoms with E-state index in [0.717, 1.165) is 34.4 Å². The minimum absolute atomic E-state index is 0.257. The topological polar surface area (TPSA) is 69.0 Å². The predicted octanol–water partition coefficient (Wildman–Crippen LogP) is 3.01. The van der Waals surface area contributed by atoms with Crippen LogP contribution >= 0.6 is 0 Å². The van der Waals surface area contributed by atoms with E-state index in [-0.39, 0.29) is 18.0 Å². The number of methoxy groups -OCH3 is 1. The van der Waals surface area contributed by atoms with E-state index in [9.17, 15) is 9.59 Å². The molecular formula is C20H25NO5. The van der Waals surface area contributed by atoms with Gasteiger partial charge in [-0.15, -0.1) is 0 Å². The number of aryl methyl sites for hydroxylation is 2. The summed E-state index contributed by atoms with van der Waals surface area (Å²) in [5.74, 6) is 0.977. The molecule has 26 heavy (non-hydrogen) atoms. The van der Waals surface area contributed by atoms with Crippen molar-refractivity contribution in [2.75, 3.05) is 20.4 Å². The first kappa shape index (κ1) is 18.5. The van der Waals surface area contributed by atoms with Crippen molar-refractivity contribution < 1.29 is 18.7 Å². The largest absolute Gasteiger partial charge is 0.477 e. The Morgan fingerprint density at radius 1 is 1.35 bits per heavy atom. The standard InChI is InChI=1S/C20H25NO5/c1-12(2)9-21-10-16-19(25-11-21)14(5-6-17(22)24-4)8-15-13(3)7-18(23)26-20(15)16/h7-8,12H,5-6,9-11H2,1-4H3. The highest BCUT2D eigenvalue weighted by molar-refractivity contribution is 5.86. The summed E-state index contributed by atoms with van der Waals surface area (Å²) in [7, 11) is 1.39. The molecule has 0 N–H and O–H groups in total. The number of hydrogen-bond acceptors (Lipinski definition) is 6. The molecule has 2 heterocycles. The summed E-state index contributed by atoms with van der Waals surface area (Å²) in [6.45, 7) is 8.24. The zero-order valence-corrected chi connectivity index (χ0v) is 15.8. The third-order valence-electron chi connectivity index (χ3n) is 4.59. The summed E-state index contributed by atoms with van der Waals surface area (Å²) in [6.07, 6.45) is 0.803. The lowest BCUT2D eigenvalue weighted by Gasteiger charge is -2.31. The van der Waals surface area contributed by atoms with Crippen LogP contribution in [0, 0.1) is 12.8 Å². The number of carbonyl (C=O) groups is 1. The second-order valence-electron chi connectivity index (χ2n) is 7.22. The Balaban J connectivity index is 2.09. The van der Waals surface area contributed by atoms with Crippen molar-refractivity contribution in [1.29, 1.82) is 0 Å². The molecule has 0 bridgehead atoms. The molecule has 1 aliphatic rings. The fraction of sp³-hybridized carbons (Fsp3) is 0.500. The van der Waals surface area contributed by atoms with Gasteiger partial charge in [-0.2, -0.15) is 0 Å². The van der Waals surface area contributed by atoms with Gasteiger partial charge in [-0.3, -0.25) is 9.69 Å². The Morgan fingerprint density at radius 2 is 2.12 bits per heavy atom. The lowest BCUT2D eigenvalue weighted by Crippen LogP contribution is -2.35. The van der Waals surface area contributed by atoms with Gasteiger partial charge in [-0.05, 0) is 36.5 Å². The molecular weight excluding hydrogens is 334 g/mol. The molecule has 0 amide bonds. The van der Waals surface area contributed by atoms with Gasteiger partial charge in [0.25, 0.3) is 0 Å². The van der Waals surface area contributed by atoms with Gasteiger partial charge < -0.3 is 13.9 Å². The molecule has 0 fully saturated rings. The summed E-state index contributed by atoms with van der Waals surface area (Å²) in [5.41, 5.74) is 2.91. The minimum Gasteiger partial charge on any atom is -0.477 e. The highest BCUT2D eigenvalue weighted by Crippen LogP contribution is 2.37. The van der Waals surface area contributed by atoms with Crippen molar-refractivity contribution in [2.45, 2.75) is 40.2 Å². The Hall–Kier alpha value is -2.34. The van der Waals surface area contributed by atoms with Gasteiger partial charge in [0.1, 0.15) is 18.1 Å². The maximum Gasteiger partial charge on any atom is 0.336 e. The lowest BCUT2D eigenvalue weighted by atomic mass is 9.97. The molecule has 140 valence electrons. The Kier molecular flexibility index (Phi) is 5.32. The zero-order valence-electron chi connectivity index (χ0n) is 15.8. The molecule has 0 atom stereocenters. The van der Waals surface area contributed by atoms with E-state index >= 15 is 0 Å². The van der Waals surface area contributed by atoms with Crippen LogP contribution in [-0.2, 0) is 22.5 Å². The van der Waals surface area contributed by atoms with Crippen molar-refractivity contribution in [3.8, 4) is 5.75 Å². The van der Waals surface area contributed by atoms with Crippen LogP contribution in [0.1, 0.15) is 37.0 Å². The van der Waals surface area contributed by atoms with Gasteiger partial charge in [-0.1, -0.05) is 13.8 Å². The quantitative estimate of drug-likeness (QED) is 0.604. The summed E-state index contributed by atoms with van der Waals surface area (Å²) >= 11 is 0. The van der Waals surface area contributed by atoms with E-state index < -0.39 is 0 Å². The Morgan fingerprint density at radius 3 is 2.81 bits per heavy atom. The van der Waals surface area contributed by atoms with Crippen LogP contribution in [0.4, 0.5) is 0 Å². The number of benzene rings is 1. The fourth-order valence-corrected chi connectivity index (χ4v) is 3.47. The van der Waals surface area contributed by atoms with Crippen molar-refractivity contribution in [3.05, 3.63) is 39.2 Å². The van der Waals surface area contributed by atoms with E-state index in [0.29, 0.717) is 31.2 Å². The van der Waals surface area contributed by atoms with E-state index in [1.165, 1.54) is 13.2 Å². The third-order valence-corrected chi connectivity index (χ3v) is 4.59. The van der Waals surface area contributed by atoms with Crippen LogP contribution in [0.3, 0.4) is 0 Å². The average Bonchev–Trinajstić information content (AvgIpc) is 2.59. The minimum atomic E-state index is -0.361. The van der Waals surface area contributed by atoms with Crippen LogP contribution in [0.5, 0.6) is 5.75 Å². The summed E-state index contributed by atoms with van der Waals surface area (Å²) < 4.78 is 16.3. The maximum absolute atomic E-state index is 11.9. The zero-order chi connectivity index (χ0) is 18.8. The highest BCUT2D eigenvalue weighted by Gasteiger charge is 2.25. The predicted molar refractivity (Wildman–Crippen MR) is 98.3 cm³/mol. The molecule has 0 unspecified atom stereocenters. The number of fused-ring (bicyclic) bond motifs is 3. The number of nitrogens with zero attached hydrogens (tertiary/aromatic N) is 1. The first-order valence-corrected chi connectivity index (χ1v) is 8.90. The van der Waals surface area contributed by atoms with Gasteiger partial charge in [0.15, 0.2) is 0 Å². The molecule has 0 saturated carbocycles.